The lowest BCUT2D eigenvalue weighted by Gasteiger charge is -2.02. The molecule has 3 heteroatoms. The largest absolute Gasteiger partial charge is 0.276 e. The molecule has 0 saturated heterocycles. The first-order valence-electron chi connectivity index (χ1n) is 3.50. The molecule has 0 spiro atoms. The fourth-order valence-electron chi connectivity index (χ4n) is 0.990. The zero-order valence-corrected chi connectivity index (χ0v) is 8.95. The summed E-state index contributed by atoms with van der Waals surface area (Å²) in [6, 6.07) is 5.66. The fraction of sp³-hybridized carbons (Fsp3) is 0.222. The maximum absolute atomic E-state index is 10.9. The molecule has 0 fully saturated rings. The molecule has 0 aromatic heterocycles. The van der Waals surface area contributed by atoms with Gasteiger partial charge >= 0.3 is 0 Å². The van der Waals surface area contributed by atoms with Gasteiger partial charge < -0.3 is 0 Å². The van der Waals surface area contributed by atoms with E-state index in [1.165, 1.54) is 0 Å². The first kappa shape index (κ1) is 9.75. The molecular weight excluding hydrogens is 239 g/mol. The summed E-state index contributed by atoms with van der Waals surface area (Å²) in [7, 11) is 0. The Morgan fingerprint density at radius 3 is 2.75 bits per heavy atom. The topological polar surface area (TPSA) is 17.1 Å². The fourth-order valence-corrected chi connectivity index (χ4v) is 1.65. The van der Waals surface area contributed by atoms with Crippen LogP contribution in [0.2, 0.25) is 0 Å². The maximum atomic E-state index is 10.9. The highest BCUT2D eigenvalue weighted by Crippen LogP contribution is 2.16. The number of aryl methyl sites for hydroxylation is 1. The van der Waals surface area contributed by atoms with E-state index >= 15 is 0 Å². The molecule has 1 aromatic carbocycles. The Balaban J connectivity index is 3.21. The van der Waals surface area contributed by atoms with Crippen molar-refractivity contribution in [3.05, 3.63) is 34.9 Å². The van der Waals surface area contributed by atoms with Crippen LogP contribution in [0.3, 0.4) is 0 Å². The van der Waals surface area contributed by atoms with Gasteiger partial charge in [0.05, 0.1) is 0 Å². The molecule has 0 aliphatic heterocycles. The Kier molecular flexibility index (Phi) is 3.29. The first-order valence-corrected chi connectivity index (χ1v) is 5.00. The van der Waals surface area contributed by atoms with E-state index in [9.17, 15) is 4.79 Å². The molecule has 0 saturated carbocycles. The zero-order valence-electron chi connectivity index (χ0n) is 6.60. The second-order valence-corrected chi connectivity index (χ2v) is 3.47. The Bertz CT molecular complexity index is 309. The summed E-state index contributed by atoms with van der Waals surface area (Å²) in [5.74, 6) is 0. The van der Waals surface area contributed by atoms with Crippen molar-refractivity contribution in [1.82, 2.24) is 0 Å². The number of carbonyl (C=O) groups excluding carboxylic acids is 1. The van der Waals surface area contributed by atoms with Crippen molar-refractivity contribution in [3.63, 3.8) is 0 Å². The number of benzene rings is 1. The van der Waals surface area contributed by atoms with Crippen molar-refractivity contribution in [2.75, 3.05) is 0 Å². The van der Waals surface area contributed by atoms with E-state index in [1.807, 2.05) is 19.1 Å². The summed E-state index contributed by atoms with van der Waals surface area (Å²) in [5, 5.41) is 0.259. The molecular formula is C9H8BrClO. The van der Waals surface area contributed by atoms with Gasteiger partial charge in [-0.2, -0.15) is 0 Å². The summed E-state index contributed by atoms with van der Waals surface area (Å²) in [6.45, 7) is 1.93. The third kappa shape index (κ3) is 2.08. The lowest BCUT2D eigenvalue weighted by molar-refractivity contribution is 0.108. The van der Waals surface area contributed by atoms with Crippen LogP contribution in [0.25, 0.3) is 0 Å². The van der Waals surface area contributed by atoms with Crippen LogP contribution in [0.4, 0.5) is 0 Å². The van der Waals surface area contributed by atoms with Crippen molar-refractivity contribution in [3.8, 4) is 0 Å². The van der Waals surface area contributed by atoms with Gasteiger partial charge in [-0.3, -0.25) is 4.79 Å². The molecule has 12 heavy (non-hydrogen) atoms. The van der Waals surface area contributed by atoms with E-state index in [-0.39, 0.29) is 0 Å². The van der Waals surface area contributed by atoms with Crippen molar-refractivity contribution in [2.24, 2.45) is 0 Å². The smallest absolute Gasteiger partial charge is 0.252 e. The van der Waals surface area contributed by atoms with Crippen LogP contribution in [0.5, 0.6) is 0 Å². The van der Waals surface area contributed by atoms with Crippen molar-refractivity contribution >= 4 is 32.8 Å². The van der Waals surface area contributed by atoms with Crippen LogP contribution in [0.15, 0.2) is 18.2 Å². The number of rotatable bonds is 2. The summed E-state index contributed by atoms with van der Waals surface area (Å²) >= 11 is 8.69. The standard InChI is InChI=1S/C9H8BrClO/c1-6-2-3-7(5-10)8(4-6)9(11)12/h2-4H,5H2,1H3. The van der Waals surface area contributed by atoms with Gasteiger partial charge in [0.2, 0.25) is 0 Å². The molecule has 0 atom stereocenters. The molecule has 0 bridgehead atoms. The van der Waals surface area contributed by atoms with E-state index < -0.39 is 5.24 Å². The van der Waals surface area contributed by atoms with Gasteiger partial charge in [0.25, 0.3) is 5.24 Å². The number of hydrogen-bond donors (Lipinski definition) is 0. The van der Waals surface area contributed by atoms with Crippen LogP contribution < -0.4 is 0 Å². The van der Waals surface area contributed by atoms with Crippen LogP contribution in [-0.4, -0.2) is 5.24 Å². The number of carbonyl (C=O) groups is 1. The normalized spacial score (nSPS) is 9.92. The minimum Gasteiger partial charge on any atom is -0.276 e. The summed E-state index contributed by atoms with van der Waals surface area (Å²) in [6.07, 6.45) is 0. The highest BCUT2D eigenvalue weighted by molar-refractivity contribution is 9.08. The molecule has 0 radical (unpaired) electrons. The Labute approximate surface area is 84.9 Å². The molecule has 1 nitrogen and oxygen atoms in total. The van der Waals surface area contributed by atoms with E-state index in [2.05, 4.69) is 15.9 Å². The summed E-state index contributed by atoms with van der Waals surface area (Å²) < 4.78 is 0. The minimum absolute atomic E-state index is 0.395. The quantitative estimate of drug-likeness (QED) is 0.579. The van der Waals surface area contributed by atoms with Crippen LogP contribution in [0.1, 0.15) is 21.5 Å². The van der Waals surface area contributed by atoms with Crippen LogP contribution >= 0.6 is 27.5 Å². The Morgan fingerprint density at radius 1 is 1.58 bits per heavy atom. The predicted octanol–water partition coefficient (Wildman–Crippen LogP) is 3.27. The molecule has 0 aliphatic rings. The number of alkyl halides is 1. The van der Waals surface area contributed by atoms with E-state index in [0.29, 0.717) is 10.9 Å². The van der Waals surface area contributed by atoms with Gasteiger partial charge in [-0.05, 0) is 30.2 Å². The maximum Gasteiger partial charge on any atom is 0.252 e. The van der Waals surface area contributed by atoms with Gasteiger partial charge in [0.1, 0.15) is 0 Å². The Hall–Kier alpha value is -0.340. The van der Waals surface area contributed by atoms with Crippen molar-refractivity contribution in [1.29, 1.82) is 0 Å². The van der Waals surface area contributed by atoms with E-state index in [0.717, 1.165) is 11.1 Å². The third-order valence-electron chi connectivity index (χ3n) is 1.62. The molecule has 0 N–H and O–H groups in total. The van der Waals surface area contributed by atoms with Gasteiger partial charge in [-0.15, -0.1) is 0 Å². The molecule has 0 aliphatic carbocycles. The lowest BCUT2D eigenvalue weighted by Crippen LogP contribution is -1.95. The predicted molar refractivity (Wildman–Crippen MR) is 54.0 cm³/mol. The molecule has 0 unspecified atom stereocenters. The number of halogens is 2. The average molecular weight is 248 g/mol. The molecule has 0 heterocycles. The SMILES string of the molecule is Cc1ccc(CBr)c(C(=O)Cl)c1. The van der Waals surface area contributed by atoms with Gasteiger partial charge in [-0.1, -0.05) is 33.6 Å². The second-order valence-electron chi connectivity index (χ2n) is 2.57. The van der Waals surface area contributed by atoms with Gasteiger partial charge in [0.15, 0.2) is 0 Å². The summed E-state index contributed by atoms with van der Waals surface area (Å²) in [4.78, 5) is 10.9. The van der Waals surface area contributed by atoms with E-state index in [1.54, 1.807) is 6.07 Å². The minimum atomic E-state index is -0.395. The van der Waals surface area contributed by atoms with Gasteiger partial charge in [-0.25, -0.2) is 0 Å². The first-order chi connectivity index (χ1) is 5.65. The third-order valence-corrected chi connectivity index (χ3v) is 2.43. The number of hydrogen-bond acceptors (Lipinski definition) is 1. The summed E-state index contributed by atoms with van der Waals surface area (Å²) in [5.41, 5.74) is 2.57. The van der Waals surface area contributed by atoms with Crippen LogP contribution in [-0.2, 0) is 5.33 Å². The molecule has 0 amide bonds. The van der Waals surface area contributed by atoms with Crippen LogP contribution in [0, 0.1) is 6.92 Å². The molecule has 1 aromatic rings. The van der Waals surface area contributed by atoms with E-state index in [4.69, 9.17) is 11.6 Å². The Morgan fingerprint density at radius 2 is 2.25 bits per heavy atom. The molecule has 64 valence electrons. The monoisotopic (exact) mass is 246 g/mol. The highest BCUT2D eigenvalue weighted by Gasteiger charge is 2.07. The molecule has 1 rings (SSSR count). The lowest BCUT2D eigenvalue weighted by atomic mass is 10.1. The second kappa shape index (κ2) is 4.06. The zero-order chi connectivity index (χ0) is 9.14. The average Bonchev–Trinajstić information content (AvgIpc) is 2.04. The van der Waals surface area contributed by atoms with Crippen molar-refractivity contribution < 1.29 is 4.79 Å². The highest BCUT2D eigenvalue weighted by atomic mass is 79.9. The van der Waals surface area contributed by atoms with Gasteiger partial charge in [0, 0.05) is 10.9 Å². The van der Waals surface area contributed by atoms with Crippen molar-refractivity contribution in [2.45, 2.75) is 12.3 Å².